The van der Waals surface area contributed by atoms with Gasteiger partial charge in [-0.15, -0.1) is 0 Å². The molecule has 1 unspecified atom stereocenters. The topological polar surface area (TPSA) is 43.4 Å². The molecule has 0 bridgehead atoms. The highest BCUT2D eigenvalue weighted by molar-refractivity contribution is 5.97. The van der Waals surface area contributed by atoms with Gasteiger partial charge in [-0.1, -0.05) is 33.1 Å². The Morgan fingerprint density at radius 3 is 2.19 bits per heavy atom. The van der Waals surface area contributed by atoms with Crippen molar-refractivity contribution in [3.05, 3.63) is 0 Å². The van der Waals surface area contributed by atoms with Crippen molar-refractivity contribution < 1.29 is 14.3 Å². The van der Waals surface area contributed by atoms with Crippen LogP contribution in [0, 0.1) is 11.8 Å². The third-order valence-corrected chi connectivity index (χ3v) is 2.63. The molecule has 1 atom stereocenters. The first-order chi connectivity index (χ1) is 7.45. The lowest BCUT2D eigenvalue weighted by atomic mass is 10.1. The number of unbranched alkanes of at least 4 members (excludes halogenated alkanes) is 2. The Morgan fingerprint density at radius 1 is 1.06 bits per heavy atom. The summed E-state index contributed by atoms with van der Waals surface area (Å²) in [6.45, 7) is 7.84. The van der Waals surface area contributed by atoms with Crippen LogP contribution in [0.5, 0.6) is 0 Å². The Bertz CT molecular complexity index is 221. The molecule has 0 fully saturated rings. The highest BCUT2D eigenvalue weighted by Gasteiger charge is 2.18. The average Bonchev–Trinajstić information content (AvgIpc) is 2.21. The van der Waals surface area contributed by atoms with Gasteiger partial charge in [-0.25, -0.2) is 0 Å². The molecule has 0 aromatic heterocycles. The SMILES string of the molecule is CC(=O)C(C)C(=O)OCCCCCC(C)C. The van der Waals surface area contributed by atoms with Crippen LogP contribution in [0.3, 0.4) is 0 Å². The summed E-state index contributed by atoms with van der Waals surface area (Å²) in [6.07, 6.45) is 4.37. The number of carbonyl (C=O) groups is 2. The highest BCUT2D eigenvalue weighted by Crippen LogP contribution is 2.08. The number of hydrogen-bond acceptors (Lipinski definition) is 3. The summed E-state index contributed by atoms with van der Waals surface area (Å²) in [4.78, 5) is 22.2. The molecule has 3 heteroatoms. The molecule has 94 valence electrons. The van der Waals surface area contributed by atoms with E-state index in [-0.39, 0.29) is 5.78 Å². The van der Waals surface area contributed by atoms with Crippen LogP contribution in [0.2, 0.25) is 0 Å². The van der Waals surface area contributed by atoms with E-state index in [1.165, 1.54) is 19.8 Å². The Labute approximate surface area is 98.6 Å². The van der Waals surface area contributed by atoms with Crippen molar-refractivity contribution in [2.24, 2.45) is 11.8 Å². The van der Waals surface area contributed by atoms with E-state index >= 15 is 0 Å². The van der Waals surface area contributed by atoms with E-state index in [0.29, 0.717) is 6.61 Å². The first kappa shape index (κ1) is 15.1. The van der Waals surface area contributed by atoms with Crippen LogP contribution in [0.1, 0.15) is 53.4 Å². The minimum absolute atomic E-state index is 0.134. The van der Waals surface area contributed by atoms with Crippen LogP contribution in [-0.2, 0) is 14.3 Å². The largest absolute Gasteiger partial charge is 0.465 e. The van der Waals surface area contributed by atoms with Crippen molar-refractivity contribution in [1.29, 1.82) is 0 Å². The molecule has 0 aliphatic rings. The zero-order valence-electron chi connectivity index (χ0n) is 10.9. The second-order valence-electron chi connectivity index (χ2n) is 4.74. The van der Waals surface area contributed by atoms with Gasteiger partial charge in [0, 0.05) is 0 Å². The average molecular weight is 228 g/mol. The Kier molecular flexibility index (Phi) is 7.86. The molecule has 0 spiro atoms. The zero-order valence-corrected chi connectivity index (χ0v) is 10.9. The lowest BCUT2D eigenvalue weighted by molar-refractivity contribution is -0.150. The quantitative estimate of drug-likeness (QED) is 0.364. The van der Waals surface area contributed by atoms with Crippen LogP contribution in [0.25, 0.3) is 0 Å². The van der Waals surface area contributed by atoms with Gasteiger partial charge in [-0.3, -0.25) is 9.59 Å². The molecule has 0 amide bonds. The van der Waals surface area contributed by atoms with Crippen LogP contribution in [0.15, 0.2) is 0 Å². The van der Waals surface area contributed by atoms with Gasteiger partial charge in [0.05, 0.1) is 6.61 Å². The number of esters is 1. The molecule has 16 heavy (non-hydrogen) atoms. The predicted molar refractivity (Wildman–Crippen MR) is 64.1 cm³/mol. The number of carbonyl (C=O) groups excluding carboxylic acids is 2. The standard InChI is InChI=1S/C13H24O3/c1-10(2)8-6-5-7-9-16-13(15)11(3)12(4)14/h10-11H,5-9H2,1-4H3. The molecule has 0 aliphatic carbocycles. The van der Waals surface area contributed by atoms with E-state index in [9.17, 15) is 9.59 Å². The van der Waals surface area contributed by atoms with Crippen LogP contribution in [0.4, 0.5) is 0 Å². The summed E-state index contributed by atoms with van der Waals surface area (Å²) < 4.78 is 5.01. The summed E-state index contributed by atoms with van der Waals surface area (Å²) in [6, 6.07) is 0. The molecule has 0 N–H and O–H groups in total. The van der Waals surface area contributed by atoms with E-state index in [1.807, 2.05) is 0 Å². The minimum Gasteiger partial charge on any atom is -0.465 e. The monoisotopic (exact) mass is 228 g/mol. The van der Waals surface area contributed by atoms with Crippen molar-refractivity contribution >= 4 is 11.8 Å². The van der Waals surface area contributed by atoms with Crippen molar-refractivity contribution in [3.8, 4) is 0 Å². The summed E-state index contributed by atoms with van der Waals surface area (Å²) >= 11 is 0. The van der Waals surface area contributed by atoms with Crippen molar-refractivity contribution in [2.75, 3.05) is 6.61 Å². The molecular weight excluding hydrogens is 204 g/mol. The predicted octanol–water partition coefficient (Wildman–Crippen LogP) is 2.97. The Morgan fingerprint density at radius 2 is 1.69 bits per heavy atom. The number of ketones is 1. The first-order valence-electron chi connectivity index (χ1n) is 6.12. The van der Waals surface area contributed by atoms with Gasteiger partial charge >= 0.3 is 5.97 Å². The van der Waals surface area contributed by atoms with Gasteiger partial charge in [0.2, 0.25) is 0 Å². The molecule has 0 saturated carbocycles. The van der Waals surface area contributed by atoms with E-state index in [1.54, 1.807) is 6.92 Å². The number of ether oxygens (including phenoxy) is 1. The summed E-state index contributed by atoms with van der Waals surface area (Å²) in [5.74, 6) is -0.405. The number of rotatable bonds is 8. The molecule has 0 aliphatic heterocycles. The number of hydrogen-bond donors (Lipinski definition) is 0. The van der Waals surface area contributed by atoms with Crippen LogP contribution < -0.4 is 0 Å². The third kappa shape index (κ3) is 7.43. The van der Waals surface area contributed by atoms with E-state index < -0.39 is 11.9 Å². The van der Waals surface area contributed by atoms with Gasteiger partial charge in [0.25, 0.3) is 0 Å². The second kappa shape index (κ2) is 8.31. The van der Waals surface area contributed by atoms with Crippen LogP contribution >= 0.6 is 0 Å². The molecule has 0 rings (SSSR count). The molecular formula is C13H24O3. The Hall–Kier alpha value is -0.860. The smallest absolute Gasteiger partial charge is 0.316 e. The molecule has 0 saturated heterocycles. The fourth-order valence-electron chi connectivity index (χ4n) is 1.30. The summed E-state index contributed by atoms with van der Waals surface area (Å²) in [5.41, 5.74) is 0. The maximum absolute atomic E-state index is 11.3. The highest BCUT2D eigenvalue weighted by atomic mass is 16.5. The lowest BCUT2D eigenvalue weighted by Crippen LogP contribution is -2.21. The van der Waals surface area contributed by atoms with E-state index in [4.69, 9.17) is 4.74 Å². The fraction of sp³-hybridized carbons (Fsp3) is 0.846. The fourth-order valence-corrected chi connectivity index (χ4v) is 1.30. The van der Waals surface area contributed by atoms with Gasteiger partial charge in [0.15, 0.2) is 0 Å². The maximum Gasteiger partial charge on any atom is 0.316 e. The Balaban J connectivity index is 3.45. The lowest BCUT2D eigenvalue weighted by Gasteiger charge is -2.08. The molecule has 0 heterocycles. The molecule has 0 aromatic rings. The summed E-state index contributed by atoms with van der Waals surface area (Å²) in [7, 11) is 0. The second-order valence-corrected chi connectivity index (χ2v) is 4.74. The van der Waals surface area contributed by atoms with E-state index in [2.05, 4.69) is 13.8 Å². The van der Waals surface area contributed by atoms with Gasteiger partial charge in [-0.05, 0) is 26.2 Å². The zero-order chi connectivity index (χ0) is 12.6. The number of Topliss-reactive ketones (excluding diaryl/α,β-unsaturated/α-hetero) is 1. The van der Waals surface area contributed by atoms with Crippen molar-refractivity contribution in [2.45, 2.75) is 53.4 Å². The van der Waals surface area contributed by atoms with Crippen molar-refractivity contribution in [1.82, 2.24) is 0 Å². The maximum atomic E-state index is 11.3. The molecule has 3 nitrogen and oxygen atoms in total. The molecule has 0 radical (unpaired) electrons. The first-order valence-corrected chi connectivity index (χ1v) is 6.12. The van der Waals surface area contributed by atoms with Crippen LogP contribution in [-0.4, -0.2) is 18.4 Å². The third-order valence-electron chi connectivity index (χ3n) is 2.63. The van der Waals surface area contributed by atoms with E-state index in [0.717, 1.165) is 18.8 Å². The van der Waals surface area contributed by atoms with Gasteiger partial charge in [0.1, 0.15) is 11.7 Å². The van der Waals surface area contributed by atoms with Crippen molar-refractivity contribution in [3.63, 3.8) is 0 Å². The van der Waals surface area contributed by atoms with Gasteiger partial charge in [-0.2, -0.15) is 0 Å². The summed E-state index contributed by atoms with van der Waals surface area (Å²) in [5, 5.41) is 0. The molecule has 0 aromatic carbocycles. The minimum atomic E-state index is -0.615. The normalized spacial score (nSPS) is 12.6. The van der Waals surface area contributed by atoms with Gasteiger partial charge < -0.3 is 4.74 Å².